The quantitative estimate of drug-likeness (QED) is 0.940. The van der Waals surface area contributed by atoms with Gasteiger partial charge in [-0.2, -0.15) is 0 Å². The van der Waals surface area contributed by atoms with E-state index in [1.165, 1.54) is 35.2 Å². The first-order valence-electron chi connectivity index (χ1n) is 6.31. The van der Waals surface area contributed by atoms with Crippen LogP contribution in [0.25, 0.3) is 0 Å². The van der Waals surface area contributed by atoms with Crippen molar-refractivity contribution >= 4 is 11.9 Å². The van der Waals surface area contributed by atoms with Crippen LogP contribution in [0.4, 0.5) is 4.39 Å². The lowest BCUT2D eigenvalue weighted by Gasteiger charge is -2.18. The number of benzene rings is 2. The van der Waals surface area contributed by atoms with E-state index in [0.717, 1.165) is 0 Å². The van der Waals surface area contributed by atoms with Crippen LogP contribution in [0.3, 0.4) is 0 Å². The van der Waals surface area contributed by atoms with Crippen LogP contribution in [0.1, 0.15) is 26.3 Å². The first kappa shape index (κ1) is 14.7. The summed E-state index contributed by atoms with van der Waals surface area (Å²) in [5.41, 5.74) is 0.705. The monoisotopic (exact) mass is 287 g/mol. The Balaban J connectivity index is 2.18. The van der Waals surface area contributed by atoms with Gasteiger partial charge in [0.15, 0.2) is 0 Å². The van der Waals surface area contributed by atoms with Gasteiger partial charge in [-0.1, -0.05) is 24.3 Å². The second-order valence-corrected chi connectivity index (χ2v) is 4.64. The van der Waals surface area contributed by atoms with Crippen molar-refractivity contribution < 1.29 is 19.1 Å². The Bertz CT molecular complexity index is 685. The smallest absolute Gasteiger partial charge is 0.335 e. The van der Waals surface area contributed by atoms with E-state index in [2.05, 4.69) is 0 Å². The van der Waals surface area contributed by atoms with Gasteiger partial charge in [0.2, 0.25) is 0 Å². The predicted octanol–water partition coefficient (Wildman–Crippen LogP) is 2.80. The molecule has 0 fully saturated rings. The van der Waals surface area contributed by atoms with Gasteiger partial charge in [0.25, 0.3) is 5.91 Å². The van der Waals surface area contributed by atoms with Gasteiger partial charge in [0.1, 0.15) is 5.82 Å². The summed E-state index contributed by atoms with van der Waals surface area (Å²) in [6.07, 6.45) is 0. The molecule has 0 aromatic heterocycles. The number of halogens is 1. The van der Waals surface area contributed by atoms with Crippen molar-refractivity contribution in [1.29, 1.82) is 0 Å². The van der Waals surface area contributed by atoms with Crippen molar-refractivity contribution in [3.05, 3.63) is 71.0 Å². The highest BCUT2D eigenvalue weighted by molar-refractivity contribution is 5.97. The molecule has 0 atom stereocenters. The fourth-order valence-corrected chi connectivity index (χ4v) is 1.96. The van der Waals surface area contributed by atoms with E-state index in [-0.39, 0.29) is 29.4 Å². The van der Waals surface area contributed by atoms with Crippen molar-refractivity contribution in [2.45, 2.75) is 6.54 Å². The summed E-state index contributed by atoms with van der Waals surface area (Å²) in [4.78, 5) is 24.5. The number of amides is 1. The van der Waals surface area contributed by atoms with Gasteiger partial charge in [-0.05, 0) is 24.3 Å². The average molecular weight is 287 g/mol. The van der Waals surface area contributed by atoms with Gasteiger partial charge in [-0.25, -0.2) is 9.18 Å². The zero-order chi connectivity index (χ0) is 15.4. The lowest BCUT2D eigenvalue weighted by molar-refractivity contribution is 0.0697. The standard InChI is InChI=1S/C16H14FNO3/c1-18(10-13-5-2-3-8-14(13)17)15(19)11-6-4-7-12(9-11)16(20)21/h2-9H,10H2,1H3,(H,20,21). The highest BCUT2D eigenvalue weighted by Gasteiger charge is 2.15. The Morgan fingerprint density at radius 1 is 1.10 bits per heavy atom. The third kappa shape index (κ3) is 3.45. The van der Waals surface area contributed by atoms with Gasteiger partial charge >= 0.3 is 5.97 Å². The van der Waals surface area contributed by atoms with E-state index < -0.39 is 5.97 Å². The molecular formula is C16H14FNO3. The third-order valence-electron chi connectivity index (χ3n) is 3.07. The Morgan fingerprint density at radius 3 is 2.43 bits per heavy atom. The van der Waals surface area contributed by atoms with Gasteiger partial charge < -0.3 is 10.0 Å². The van der Waals surface area contributed by atoms with Crippen LogP contribution in [0.5, 0.6) is 0 Å². The van der Waals surface area contributed by atoms with Crippen LogP contribution in [0.15, 0.2) is 48.5 Å². The molecule has 1 N–H and O–H groups in total. The minimum atomic E-state index is -1.10. The molecule has 0 radical (unpaired) electrons. The molecule has 2 aromatic rings. The molecule has 21 heavy (non-hydrogen) atoms. The van der Waals surface area contributed by atoms with Crippen LogP contribution in [0.2, 0.25) is 0 Å². The minimum absolute atomic E-state index is 0.0418. The van der Waals surface area contributed by atoms with E-state index in [1.807, 2.05) is 0 Å². The van der Waals surface area contributed by atoms with Crippen molar-refractivity contribution in [3.8, 4) is 0 Å². The SMILES string of the molecule is CN(Cc1ccccc1F)C(=O)c1cccc(C(=O)O)c1. The summed E-state index contributed by atoms with van der Waals surface area (Å²) in [7, 11) is 1.54. The summed E-state index contributed by atoms with van der Waals surface area (Å²) in [5, 5.41) is 8.93. The lowest BCUT2D eigenvalue weighted by Crippen LogP contribution is -2.26. The fraction of sp³-hybridized carbons (Fsp3) is 0.125. The van der Waals surface area contributed by atoms with Crippen LogP contribution in [0, 0.1) is 5.82 Å². The number of carboxylic acid groups (broad SMARTS) is 1. The first-order valence-corrected chi connectivity index (χ1v) is 6.31. The predicted molar refractivity (Wildman–Crippen MR) is 75.6 cm³/mol. The molecule has 1 amide bonds. The van der Waals surface area contributed by atoms with E-state index >= 15 is 0 Å². The highest BCUT2D eigenvalue weighted by atomic mass is 19.1. The van der Waals surface area contributed by atoms with Crippen molar-refractivity contribution in [2.24, 2.45) is 0 Å². The first-order chi connectivity index (χ1) is 9.99. The molecule has 108 valence electrons. The van der Waals surface area contributed by atoms with Crippen LogP contribution >= 0.6 is 0 Å². The topological polar surface area (TPSA) is 57.6 Å². The Morgan fingerprint density at radius 2 is 1.76 bits per heavy atom. The largest absolute Gasteiger partial charge is 0.478 e. The number of carboxylic acids is 1. The normalized spacial score (nSPS) is 10.2. The molecule has 0 spiro atoms. The van der Waals surface area contributed by atoms with Crippen LogP contribution < -0.4 is 0 Å². The lowest BCUT2D eigenvalue weighted by atomic mass is 10.1. The Hall–Kier alpha value is -2.69. The number of hydrogen-bond donors (Lipinski definition) is 1. The third-order valence-corrected chi connectivity index (χ3v) is 3.07. The van der Waals surface area contributed by atoms with E-state index in [4.69, 9.17) is 5.11 Å². The molecule has 2 rings (SSSR count). The van der Waals surface area contributed by atoms with Crippen molar-refractivity contribution in [2.75, 3.05) is 7.05 Å². The molecule has 0 bridgehead atoms. The fourth-order valence-electron chi connectivity index (χ4n) is 1.96. The minimum Gasteiger partial charge on any atom is -0.478 e. The van der Waals surface area contributed by atoms with Crippen molar-refractivity contribution in [1.82, 2.24) is 4.90 Å². The molecule has 0 aliphatic heterocycles. The summed E-state index contributed by atoms with van der Waals surface area (Å²) in [5.74, 6) is -1.83. The number of rotatable bonds is 4. The number of aromatic carboxylic acids is 1. The van der Waals surface area contributed by atoms with Gasteiger partial charge in [-0.15, -0.1) is 0 Å². The maximum absolute atomic E-state index is 13.6. The van der Waals surface area contributed by atoms with E-state index in [1.54, 1.807) is 25.2 Å². The summed E-state index contributed by atoms with van der Waals surface area (Å²) < 4.78 is 13.6. The number of hydrogen-bond acceptors (Lipinski definition) is 2. The molecule has 0 saturated heterocycles. The van der Waals surface area contributed by atoms with Gasteiger partial charge in [0, 0.05) is 24.7 Å². The van der Waals surface area contributed by atoms with E-state index in [9.17, 15) is 14.0 Å². The number of carbonyl (C=O) groups excluding carboxylic acids is 1. The molecule has 0 unspecified atom stereocenters. The molecule has 0 aliphatic rings. The van der Waals surface area contributed by atoms with Crippen LogP contribution in [-0.2, 0) is 6.54 Å². The van der Waals surface area contributed by atoms with E-state index in [0.29, 0.717) is 5.56 Å². The van der Waals surface area contributed by atoms with Crippen molar-refractivity contribution in [3.63, 3.8) is 0 Å². The summed E-state index contributed by atoms with van der Waals surface area (Å²) >= 11 is 0. The zero-order valence-corrected chi connectivity index (χ0v) is 11.4. The number of carbonyl (C=O) groups is 2. The maximum atomic E-state index is 13.6. The van der Waals surface area contributed by atoms with Gasteiger partial charge in [-0.3, -0.25) is 4.79 Å². The zero-order valence-electron chi connectivity index (χ0n) is 11.4. The second kappa shape index (κ2) is 6.17. The number of nitrogens with zero attached hydrogens (tertiary/aromatic N) is 1. The molecule has 0 saturated carbocycles. The molecule has 4 nitrogen and oxygen atoms in total. The van der Waals surface area contributed by atoms with Crippen LogP contribution in [-0.4, -0.2) is 28.9 Å². The average Bonchev–Trinajstić information content (AvgIpc) is 2.49. The molecular weight excluding hydrogens is 273 g/mol. The molecule has 0 heterocycles. The Labute approximate surface area is 121 Å². The maximum Gasteiger partial charge on any atom is 0.335 e. The summed E-state index contributed by atoms with van der Waals surface area (Å²) in [6.45, 7) is 0.114. The second-order valence-electron chi connectivity index (χ2n) is 4.64. The molecule has 2 aromatic carbocycles. The highest BCUT2D eigenvalue weighted by Crippen LogP contribution is 2.13. The Kier molecular flexibility index (Phi) is 4.33. The molecule has 5 heteroatoms. The molecule has 0 aliphatic carbocycles. The van der Waals surface area contributed by atoms with Gasteiger partial charge in [0.05, 0.1) is 5.56 Å². The summed E-state index contributed by atoms with van der Waals surface area (Å²) in [6, 6.07) is 12.0.